The highest BCUT2D eigenvalue weighted by atomic mass is 16.5. The van der Waals surface area contributed by atoms with Gasteiger partial charge >= 0.3 is 0 Å². The molecule has 1 aromatic carbocycles. The van der Waals surface area contributed by atoms with Gasteiger partial charge in [-0.3, -0.25) is 4.79 Å². The highest BCUT2D eigenvalue weighted by molar-refractivity contribution is 5.97. The Morgan fingerprint density at radius 1 is 1.44 bits per heavy atom. The molecule has 2 N–H and O–H groups in total. The number of phenols is 1. The Bertz CT molecular complexity index is 534. The molecule has 1 amide bonds. The number of methoxy groups -OCH3 is 1. The van der Waals surface area contributed by atoms with Crippen molar-refractivity contribution in [2.75, 3.05) is 7.11 Å². The van der Waals surface area contributed by atoms with Gasteiger partial charge in [-0.15, -0.1) is 0 Å². The molecule has 94 valence electrons. The maximum Gasteiger partial charge on any atom is 0.255 e. The zero-order valence-electron chi connectivity index (χ0n) is 9.84. The molecule has 0 unspecified atom stereocenters. The minimum absolute atomic E-state index is 0.0901. The Labute approximate surface area is 104 Å². The molecule has 0 aliphatic carbocycles. The third kappa shape index (κ3) is 2.63. The van der Waals surface area contributed by atoms with Gasteiger partial charge in [-0.1, -0.05) is 0 Å². The number of aromatic hydroxyl groups is 1. The summed E-state index contributed by atoms with van der Waals surface area (Å²) in [6, 6.07) is 7.97. The van der Waals surface area contributed by atoms with Crippen LogP contribution >= 0.6 is 0 Å². The van der Waals surface area contributed by atoms with Crippen LogP contribution < -0.4 is 10.1 Å². The first-order valence-electron chi connectivity index (χ1n) is 5.38. The van der Waals surface area contributed by atoms with Crippen LogP contribution in [0.5, 0.6) is 11.5 Å². The molecule has 2 aromatic rings. The Hall–Kier alpha value is -2.43. The zero-order chi connectivity index (χ0) is 13.0. The molecule has 1 aromatic heterocycles. The second kappa shape index (κ2) is 5.27. The van der Waals surface area contributed by atoms with E-state index in [9.17, 15) is 9.90 Å². The molecule has 5 heteroatoms. The minimum atomic E-state index is -0.386. The quantitative estimate of drug-likeness (QED) is 0.865. The Balaban J connectivity index is 2.08. The van der Waals surface area contributed by atoms with Crippen molar-refractivity contribution in [3.8, 4) is 11.5 Å². The number of rotatable bonds is 4. The molecule has 5 nitrogen and oxygen atoms in total. The fourth-order valence-electron chi connectivity index (χ4n) is 1.50. The molecule has 0 saturated heterocycles. The number of nitrogens with one attached hydrogen (secondary N) is 1. The number of benzene rings is 1. The van der Waals surface area contributed by atoms with Crippen molar-refractivity contribution >= 4 is 5.91 Å². The summed E-state index contributed by atoms with van der Waals surface area (Å²) in [6.07, 6.45) is 1.53. The van der Waals surface area contributed by atoms with Crippen LogP contribution in [0.2, 0.25) is 0 Å². The molecule has 1 heterocycles. The topological polar surface area (TPSA) is 71.7 Å². The summed E-state index contributed by atoms with van der Waals surface area (Å²) in [7, 11) is 1.50. The monoisotopic (exact) mass is 247 g/mol. The molecule has 0 fully saturated rings. The van der Waals surface area contributed by atoms with E-state index in [1.165, 1.54) is 25.5 Å². The lowest BCUT2D eigenvalue weighted by Crippen LogP contribution is -2.22. The predicted molar refractivity (Wildman–Crippen MR) is 64.5 cm³/mol. The third-order valence-corrected chi connectivity index (χ3v) is 2.45. The summed E-state index contributed by atoms with van der Waals surface area (Å²) in [6.45, 7) is 0.266. The first kappa shape index (κ1) is 12.0. The van der Waals surface area contributed by atoms with E-state index in [0.717, 1.165) is 0 Å². The molecule has 18 heavy (non-hydrogen) atoms. The summed E-state index contributed by atoms with van der Waals surface area (Å²) in [4.78, 5) is 11.9. The number of hydrogen-bond acceptors (Lipinski definition) is 4. The van der Waals surface area contributed by atoms with E-state index in [4.69, 9.17) is 9.15 Å². The van der Waals surface area contributed by atoms with Gasteiger partial charge in [0.25, 0.3) is 5.91 Å². The zero-order valence-corrected chi connectivity index (χ0v) is 9.84. The smallest absolute Gasteiger partial charge is 0.255 e. The molecule has 0 spiro atoms. The van der Waals surface area contributed by atoms with Crippen LogP contribution in [0.3, 0.4) is 0 Å². The molecular weight excluding hydrogens is 234 g/mol. The molecule has 2 rings (SSSR count). The van der Waals surface area contributed by atoms with Gasteiger partial charge in [0.2, 0.25) is 0 Å². The van der Waals surface area contributed by atoms with E-state index in [0.29, 0.717) is 11.5 Å². The summed E-state index contributed by atoms with van der Waals surface area (Å²) < 4.78 is 10.1. The number of amides is 1. The average Bonchev–Trinajstić information content (AvgIpc) is 2.89. The van der Waals surface area contributed by atoms with Gasteiger partial charge in [0.15, 0.2) is 0 Å². The maximum atomic E-state index is 11.9. The minimum Gasteiger partial charge on any atom is -0.507 e. The normalized spacial score (nSPS) is 10.1. The fourth-order valence-corrected chi connectivity index (χ4v) is 1.50. The number of ether oxygens (including phenoxy) is 1. The number of hydrogen-bond donors (Lipinski definition) is 2. The Kier molecular flexibility index (Phi) is 3.52. The lowest BCUT2D eigenvalue weighted by molar-refractivity contribution is 0.0945. The van der Waals surface area contributed by atoms with E-state index in [1.54, 1.807) is 18.2 Å². The molecule has 0 saturated carbocycles. The summed E-state index contributed by atoms with van der Waals surface area (Å²) in [5, 5.41) is 12.3. The highest BCUT2D eigenvalue weighted by Crippen LogP contribution is 2.22. The summed E-state index contributed by atoms with van der Waals surface area (Å²) >= 11 is 0. The van der Waals surface area contributed by atoms with Crippen molar-refractivity contribution < 1.29 is 19.1 Å². The summed E-state index contributed by atoms with van der Waals surface area (Å²) in [5.41, 5.74) is 0.168. The molecular formula is C13H13NO4. The van der Waals surface area contributed by atoms with Gasteiger partial charge in [0.1, 0.15) is 17.3 Å². The van der Waals surface area contributed by atoms with Gasteiger partial charge in [-0.25, -0.2) is 0 Å². The van der Waals surface area contributed by atoms with Crippen molar-refractivity contribution in [3.63, 3.8) is 0 Å². The first-order valence-corrected chi connectivity index (χ1v) is 5.38. The third-order valence-electron chi connectivity index (χ3n) is 2.45. The van der Waals surface area contributed by atoms with Crippen LogP contribution in [0, 0.1) is 0 Å². The lowest BCUT2D eigenvalue weighted by atomic mass is 10.1. The van der Waals surface area contributed by atoms with Crippen molar-refractivity contribution in [2.24, 2.45) is 0 Å². The van der Waals surface area contributed by atoms with E-state index in [1.807, 2.05) is 0 Å². The largest absolute Gasteiger partial charge is 0.507 e. The van der Waals surface area contributed by atoms with Crippen molar-refractivity contribution in [1.29, 1.82) is 0 Å². The van der Waals surface area contributed by atoms with E-state index < -0.39 is 0 Å². The van der Waals surface area contributed by atoms with Crippen LogP contribution in [-0.2, 0) is 6.54 Å². The van der Waals surface area contributed by atoms with Crippen LogP contribution in [0.1, 0.15) is 16.1 Å². The second-order valence-corrected chi connectivity index (χ2v) is 3.65. The highest BCUT2D eigenvalue weighted by Gasteiger charge is 2.12. The molecule has 0 radical (unpaired) electrons. The second-order valence-electron chi connectivity index (χ2n) is 3.65. The van der Waals surface area contributed by atoms with Gasteiger partial charge in [0.05, 0.1) is 25.5 Å². The average molecular weight is 247 g/mol. The first-order chi connectivity index (χ1) is 8.70. The molecule has 0 aliphatic rings. The van der Waals surface area contributed by atoms with Gasteiger partial charge < -0.3 is 19.6 Å². The standard InChI is InChI=1S/C13H13NO4/c1-17-9-4-5-12(15)11(7-9)13(16)14-8-10-3-2-6-18-10/h2-7,15H,8H2,1H3,(H,14,16). The van der Waals surface area contributed by atoms with Crippen LogP contribution in [0.15, 0.2) is 41.0 Å². The van der Waals surface area contributed by atoms with Crippen molar-refractivity contribution in [1.82, 2.24) is 5.32 Å². The van der Waals surface area contributed by atoms with Gasteiger partial charge in [-0.2, -0.15) is 0 Å². The molecule has 0 aliphatic heterocycles. The number of furan rings is 1. The van der Waals surface area contributed by atoms with Gasteiger partial charge in [-0.05, 0) is 30.3 Å². The van der Waals surface area contributed by atoms with Crippen LogP contribution in [-0.4, -0.2) is 18.1 Å². The van der Waals surface area contributed by atoms with Gasteiger partial charge in [0, 0.05) is 0 Å². The fraction of sp³-hybridized carbons (Fsp3) is 0.154. The lowest BCUT2D eigenvalue weighted by Gasteiger charge is -2.07. The van der Waals surface area contributed by atoms with Crippen LogP contribution in [0.25, 0.3) is 0 Å². The predicted octanol–water partition coefficient (Wildman–Crippen LogP) is 1.92. The molecule has 0 atom stereocenters. The maximum absolute atomic E-state index is 11.9. The number of carbonyl (C=O) groups is 1. The van der Waals surface area contributed by atoms with E-state index >= 15 is 0 Å². The Morgan fingerprint density at radius 3 is 2.94 bits per heavy atom. The summed E-state index contributed by atoms with van der Waals surface area (Å²) in [5.74, 6) is 0.678. The SMILES string of the molecule is COc1ccc(O)c(C(=O)NCc2ccco2)c1. The number of phenolic OH excluding ortho intramolecular Hbond substituents is 1. The van der Waals surface area contributed by atoms with E-state index in [-0.39, 0.29) is 23.8 Å². The van der Waals surface area contributed by atoms with Crippen molar-refractivity contribution in [3.05, 3.63) is 47.9 Å². The van der Waals surface area contributed by atoms with Crippen molar-refractivity contribution in [2.45, 2.75) is 6.54 Å². The van der Waals surface area contributed by atoms with Crippen LogP contribution in [0.4, 0.5) is 0 Å². The Morgan fingerprint density at radius 2 is 2.28 bits per heavy atom. The molecule has 0 bridgehead atoms. The number of carbonyl (C=O) groups excluding carboxylic acids is 1. The van der Waals surface area contributed by atoms with E-state index in [2.05, 4.69) is 5.32 Å².